The van der Waals surface area contributed by atoms with E-state index < -0.39 is 6.29 Å². The molecule has 0 saturated heterocycles. The van der Waals surface area contributed by atoms with Crippen LogP contribution in [-0.4, -0.2) is 17.4 Å². The van der Waals surface area contributed by atoms with Crippen LogP contribution in [0.4, 0.5) is 0 Å². The van der Waals surface area contributed by atoms with Crippen LogP contribution in [0.1, 0.15) is 31.9 Å². The molecule has 0 heterocycles. The van der Waals surface area contributed by atoms with Gasteiger partial charge in [-0.05, 0) is 84.0 Å². The Hall–Kier alpha value is -3.37. The van der Waals surface area contributed by atoms with E-state index in [1.165, 1.54) is 0 Å². The van der Waals surface area contributed by atoms with E-state index in [0.29, 0.717) is 17.1 Å². The highest BCUT2D eigenvalue weighted by atomic mass is 16.6. The van der Waals surface area contributed by atoms with Gasteiger partial charge in [0.05, 0.1) is 5.92 Å². The van der Waals surface area contributed by atoms with Crippen molar-refractivity contribution in [1.29, 1.82) is 0 Å². The first-order chi connectivity index (χ1) is 15.2. The largest absolute Gasteiger partial charge is 0.461 e. The minimum Gasteiger partial charge on any atom is -0.461 e. The SMILES string of the molecule is C=C(C)C(O)Oc1ccc(-c2cc(C)c(-c3ccc(OC(=O)C(C)C)cc3)cc2C)cc1. The van der Waals surface area contributed by atoms with Crippen molar-refractivity contribution in [3.8, 4) is 33.8 Å². The summed E-state index contributed by atoms with van der Waals surface area (Å²) < 4.78 is 10.8. The monoisotopic (exact) mass is 430 g/mol. The van der Waals surface area contributed by atoms with Crippen molar-refractivity contribution >= 4 is 5.97 Å². The molecular weight excluding hydrogens is 400 g/mol. The number of aliphatic hydroxyl groups excluding tert-OH is 1. The zero-order valence-electron chi connectivity index (χ0n) is 19.3. The maximum atomic E-state index is 11.8. The molecule has 0 spiro atoms. The summed E-state index contributed by atoms with van der Waals surface area (Å²) in [5, 5.41) is 9.82. The molecule has 0 aliphatic carbocycles. The third-order valence-corrected chi connectivity index (χ3v) is 5.26. The Morgan fingerprint density at radius 1 is 0.844 bits per heavy atom. The number of aryl methyl sites for hydroxylation is 2. The molecule has 0 amide bonds. The Labute approximate surface area is 190 Å². The van der Waals surface area contributed by atoms with Gasteiger partial charge in [0, 0.05) is 0 Å². The fourth-order valence-corrected chi connectivity index (χ4v) is 3.32. The first kappa shape index (κ1) is 23.3. The van der Waals surface area contributed by atoms with E-state index in [9.17, 15) is 9.90 Å². The normalized spacial score (nSPS) is 11.8. The van der Waals surface area contributed by atoms with E-state index in [4.69, 9.17) is 9.47 Å². The van der Waals surface area contributed by atoms with Crippen LogP contribution in [0.2, 0.25) is 0 Å². The standard InChI is InChI=1S/C28H30O4/c1-17(2)27(29)31-23-11-7-21(8-12-23)25-15-20(6)26(16-19(25)5)22-9-13-24(14-10-22)32-28(30)18(3)4/h7-16,18,27,29H,1H2,2-6H3. The lowest BCUT2D eigenvalue weighted by Gasteiger charge is -2.15. The summed E-state index contributed by atoms with van der Waals surface area (Å²) in [6.45, 7) is 13.2. The fraction of sp³-hybridized carbons (Fsp3) is 0.250. The molecule has 0 aromatic heterocycles. The van der Waals surface area contributed by atoms with E-state index in [1.807, 2.05) is 62.4 Å². The highest BCUT2D eigenvalue weighted by Crippen LogP contribution is 2.33. The Morgan fingerprint density at radius 3 is 1.69 bits per heavy atom. The van der Waals surface area contributed by atoms with Gasteiger partial charge in [-0.1, -0.05) is 56.8 Å². The van der Waals surface area contributed by atoms with Gasteiger partial charge in [0.15, 0.2) is 0 Å². The Morgan fingerprint density at radius 2 is 1.28 bits per heavy atom. The molecule has 0 saturated carbocycles. The van der Waals surface area contributed by atoms with Crippen LogP contribution in [0.25, 0.3) is 22.3 Å². The maximum Gasteiger partial charge on any atom is 0.313 e. The molecule has 3 aromatic carbocycles. The number of rotatable bonds is 7. The number of benzene rings is 3. The molecule has 4 heteroatoms. The zero-order valence-corrected chi connectivity index (χ0v) is 19.3. The second kappa shape index (κ2) is 9.84. The Balaban J connectivity index is 1.82. The van der Waals surface area contributed by atoms with Crippen molar-refractivity contribution in [1.82, 2.24) is 0 Å². The van der Waals surface area contributed by atoms with Crippen molar-refractivity contribution < 1.29 is 19.4 Å². The van der Waals surface area contributed by atoms with Crippen LogP contribution in [-0.2, 0) is 4.79 Å². The molecule has 3 rings (SSSR count). The van der Waals surface area contributed by atoms with Gasteiger partial charge in [-0.2, -0.15) is 0 Å². The van der Waals surface area contributed by atoms with Crippen molar-refractivity contribution in [2.24, 2.45) is 5.92 Å². The highest BCUT2D eigenvalue weighted by Gasteiger charge is 2.12. The number of aliphatic hydroxyl groups is 1. The van der Waals surface area contributed by atoms with E-state index in [2.05, 4.69) is 32.6 Å². The van der Waals surface area contributed by atoms with Crippen LogP contribution in [0.3, 0.4) is 0 Å². The number of carbonyl (C=O) groups is 1. The second-order valence-corrected chi connectivity index (χ2v) is 8.42. The number of ether oxygens (including phenoxy) is 2. The average molecular weight is 431 g/mol. The quantitative estimate of drug-likeness (QED) is 0.202. The zero-order chi connectivity index (χ0) is 23.4. The second-order valence-electron chi connectivity index (χ2n) is 8.42. The predicted molar refractivity (Wildman–Crippen MR) is 129 cm³/mol. The van der Waals surface area contributed by atoms with Gasteiger partial charge in [-0.3, -0.25) is 4.79 Å². The lowest BCUT2D eigenvalue weighted by molar-refractivity contribution is -0.137. The first-order valence-corrected chi connectivity index (χ1v) is 10.7. The molecule has 1 N–H and O–H groups in total. The lowest BCUT2D eigenvalue weighted by atomic mass is 9.92. The molecule has 32 heavy (non-hydrogen) atoms. The molecule has 1 atom stereocenters. The van der Waals surface area contributed by atoms with E-state index in [-0.39, 0.29) is 11.9 Å². The number of hydrogen-bond donors (Lipinski definition) is 1. The van der Waals surface area contributed by atoms with E-state index >= 15 is 0 Å². The van der Waals surface area contributed by atoms with Gasteiger partial charge in [0.25, 0.3) is 0 Å². The molecule has 0 radical (unpaired) electrons. The van der Waals surface area contributed by atoms with Crippen LogP contribution < -0.4 is 9.47 Å². The number of hydrogen-bond acceptors (Lipinski definition) is 4. The highest BCUT2D eigenvalue weighted by molar-refractivity contribution is 5.78. The van der Waals surface area contributed by atoms with Crippen LogP contribution in [0.15, 0.2) is 72.8 Å². The summed E-state index contributed by atoms with van der Waals surface area (Å²) in [5.41, 5.74) is 7.27. The molecule has 0 bridgehead atoms. The van der Waals surface area contributed by atoms with Gasteiger partial charge in [0.1, 0.15) is 11.5 Å². The third-order valence-electron chi connectivity index (χ3n) is 5.26. The Kier molecular flexibility index (Phi) is 7.16. The minimum atomic E-state index is -1.01. The first-order valence-electron chi connectivity index (χ1n) is 10.7. The maximum absolute atomic E-state index is 11.8. The van der Waals surface area contributed by atoms with E-state index in [0.717, 1.165) is 33.4 Å². The van der Waals surface area contributed by atoms with Crippen LogP contribution in [0.5, 0.6) is 11.5 Å². The van der Waals surface area contributed by atoms with Gasteiger partial charge in [0.2, 0.25) is 6.29 Å². The van der Waals surface area contributed by atoms with Gasteiger partial charge in [-0.25, -0.2) is 0 Å². The summed E-state index contributed by atoms with van der Waals surface area (Å²) in [5.74, 6) is 0.745. The summed E-state index contributed by atoms with van der Waals surface area (Å²) in [7, 11) is 0. The predicted octanol–water partition coefficient (Wildman–Crippen LogP) is 6.47. The van der Waals surface area contributed by atoms with Crippen molar-refractivity contribution in [3.05, 3.63) is 83.9 Å². The Bertz CT molecular complexity index is 1110. The molecule has 0 fully saturated rings. The summed E-state index contributed by atoms with van der Waals surface area (Å²) in [6.07, 6.45) is -1.01. The van der Waals surface area contributed by atoms with Gasteiger partial charge in [-0.15, -0.1) is 0 Å². The van der Waals surface area contributed by atoms with Crippen LogP contribution in [0, 0.1) is 19.8 Å². The summed E-state index contributed by atoms with van der Waals surface area (Å²) in [6, 6.07) is 19.6. The average Bonchev–Trinajstić information content (AvgIpc) is 2.76. The van der Waals surface area contributed by atoms with Crippen molar-refractivity contribution in [2.45, 2.75) is 40.9 Å². The van der Waals surface area contributed by atoms with Gasteiger partial charge >= 0.3 is 5.97 Å². The molecule has 3 aromatic rings. The number of esters is 1. The minimum absolute atomic E-state index is 0.163. The fourth-order valence-electron chi connectivity index (χ4n) is 3.32. The smallest absolute Gasteiger partial charge is 0.313 e. The molecule has 1 unspecified atom stereocenters. The van der Waals surface area contributed by atoms with Crippen molar-refractivity contribution in [2.75, 3.05) is 0 Å². The third kappa shape index (κ3) is 5.45. The van der Waals surface area contributed by atoms with E-state index in [1.54, 1.807) is 6.92 Å². The molecular formula is C28H30O4. The number of carbonyl (C=O) groups excluding carboxylic acids is 1. The summed E-state index contributed by atoms with van der Waals surface area (Å²) >= 11 is 0. The lowest BCUT2D eigenvalue weighted by Crippen LogP contribution is -2.15. The van der Waals surface area contributed by atoms with Crippen LogP contribution >= 0.6 is 0 Å². The summed E-state index contributed by atoms with van der Waals surface area (Å²) in [4.78, 5) is 11.8. The van der Waals surface area contributed by atoms with Crippen molar-refractivity contribution in [3.63, 3.8) is 0 Å². The molecule has 0 aliphatic heterocycles. The molecule has 166 valence electrons. The topological polar surface area (TPSA) is 55.8 Å². The molecule has 4 nitrogen and oxygen atoms in total. The molecule has 0 aliphatic rings. The van der Waals surface area contributed by atoms with Gasteiger partial charge < -0.3 is 14.6 Å².